The second kappa shape index (κ2) is 7.44. The van der Waals surface area contributed by atoms with Crippen LogP contribution >= 0.6 is 11.6 Å². The summed E-state index contributed by atoms with van der Waals surface area (Å²) in [4.78, 5) is 25.6. The Morgan fingerprint density at radius 3 is 2.15 bits per heavy atom. The SMILES string of the molecule is Cc1cc(C)nc(N2CCN(C(=O)c3ccc(S(C)(=O)=O)cc3Cl)CC2)n1. The molecule has 9 heteroatoms. The van der Waals surface area contributed by atoms with E-state index in [9.17, 15) is 13.2 Å². The average molecular weight is 409 g/mol. The molecule has 1 amide bonds. The summed E-state index contributed by atoms with van der Waals surface area (Å²) in [5.41, 5.74) is 2.13. The van der Waals surface area contributed by atoms with E-state index in [0.29, 0.717) is 37.7 Å². The quantitative estimate of drug-likeness (QED) is 0.773. The van der Waals surface area contributed by atoms with Crippen molar-refractivity contribution in [1.29, 1.82) is 0 Å². The molecule has 7 nitrogen and oxygen atoms in total. The molecule has 0 radical (unpaired) electrons. The minimum atomic E-state index is -3.37. The van der Waals surface area contributed by atoms with Crippen molar-refractivity contribution in [2.24, 2.45) is 0 Å². The zero-order valence-electron chi connectivity index (χ0n) is 15.4. The number of carbonyl (C=O) groups excluding carboxylic acids is 1. The molecule has 0 saturated carbocycles. The molecule has 1 fully saturated rings. The van der Waals surface area contributed by atoms with Gasteiger partial charge in [-0.15, -0.1) is 0 Å². The first kappa shape index (κ1) is 19.6. The van der Waals surface area contributed by atoms with Crippen molar-refractivity contribution in [1.82, 2.24) is 14.9 Å². The number of nitrogens with zero attached hydrogens (tertiary/aromatic N) is 4. The standard InChI is InChI=1S/C18H21ClN4O3S/c1-12-10-13(2)21-18(20-12)23-8-6-22(7-9-23)17(24)15-5-4-14(11-16(15)19)27(3,25)26/h4-5,10-11H,6-9H2,1-3H3. The molecule has 0 atom stereocenters. The number of piperazine rings is 1. The normalized spacial score (nSPS) is 15.1. The minimum Gasteiger partial charge on any atom is -0.337 e. The number of anilines is 1. The molecule has 0 unspecified atom stereocenters. The number of hydrogen-bond acceptors (Lipinski definition) is 6. The van der Waals surface area contributed by atoms with Gasteiger partial charge in [-0.3, -0.25) is 4.79 Å². The maximum atomic E-state index is 12.8. The van der Waals surface area contributed by atoms with Gasteiger partial charge < -0.3 is 9.80 Å². The predicted molar refractivity (Wildman–Crippen MR) is 104 cm³/mol. The summed E-state index contributed by atoms with van der Waals surface area (Å²) in [7, 11) is -3.37. The lowest BCUT2D eigenvalue weighted by atomic mass is 10.2. The largest absolute Gasteiger partial charge is 0.337 e. The van der Waals surface area contributed by atoms with E-state index in [0.717, 1.165) is 17.6 Å². The molecule has 1 saturated heterocycles. The fraction of sp³-hybridized carbons (Fsp3) is 0.389. The fourth-order valence-corrected chi connectivity index (χ4v) is 4.00. The van der Waals surface area contributed by atoms with E-state index in [1.807, 2.05) is 19.9 Å². The van der Waals surface area contributed by atoms with Crippen LogP contribution in [0.1, 0.15) is 21.7 Å². The first-order valence-corrected chi connectivity index (χ1v) is 10.8. The zero-order chi connectivity index (χ0) is 19.8. The Labute approximate surface area is 163 Å². The Morgan fingerprint density at radius 1 is 1.04 bits per heavy atom. The van der Waals surface area contributed by atoms with Gasteiger partial charge in [-0.2, -0.15) is 0 Å². The Kier molecular flexibility index (Phi) is 5.39. The number of carbonyl (C=O) groups is 1. The Bertz CT molecular complexity index is 966. The lowest BCUT2D eigenvalue weighted by molar-refractivity contribution is 0.0746. The van der Waals surface area contributed by atoms with Gasteiger partial charge in [0.15, 0.2) is 9.84 Å². The van der Waals surface area contributed by atoms with E-state index in [-0.39, 0.29) is 15.8 Å². The molecular weight excluding hydrogens is 388 g/mol. The third-order valence-electron chi connectivity index (χ3n) is 4.42. The summed E-state index contributed by atoms with van der Waals surface area (Å²) in [5, 5.41) is 0.142. The van der Waals surface area contributed by atoms with Crippen molar-refractivity contribution in [3.63, 3.8) is 0 Å². The molecule has 1 aromatic carbocycles. The van der Waals surface area contributed by atoms with E-state index in [1.165, 1.54) is 18.2 Å². The second-order valence-electron chi connectivity index (χ2n) is 6.64. The topological polar surface area (TPSA) is 83.5 Å². The highest BCUT2D eigenvalue weighted by atomic mass is 35.5. The van der Waals surface area contributed by atoms with Crippen molar-refractivity contribution in [3.05, 3.63) is 46.2 Å². The van der Waals surface area contributed by atoms with E-state index in [4.69, 9.17) is 11.6 Å². The van der Waals surface area contributed by atoms with Crippen LogP contribution in [0.25, 0.3) is 0 Å². The smallest absolute Gasteiger partial charge is 0.255 e. The maximum absolute atomic E-state index is 12.8. The van der Waals surface area contributed by atoms with Crippen LogP contribution in [-0.4, -0.2) is 61.6 Å². The molecule has 0 aliphatic carbocycles. The summed E-state index contributed by atoms with van der Waals surface area (Å²) in [5.74, 6) is 0.469. The van der Waals surface area contributed by atoms with Gasteiger partial charge in [0.25, 0.3) is 5.91 Å². The van der Waals surface area contributed by atoms with Gasteiger partial charge >= 0.3 is 0 Å². The van der Waals surface area contributed by atoms with Gasteiger partial charge in [0, 0.05) is 43.8 Å². The molecule has 0 spiro atoms. The van der Waals surface area contributed by atoms with Crippen LogP contribution in [0.2, 0.25) is 5.02 Å². The van der Waals surface area contributed by atoms with Crippen LogP contribution in [0.4, 0.5) is 5.95 Å². The van der Waals surface area contributed by atoms with E-state index in [2.05, 4.69) is 14.9 Å². The first-order valence-electron chi connectivity index (χ1n) is 8.51. The Balaban J connectivity index is 1.72. The van der Waals surface area contributed by atoms with Gasteiger partial charge in [0.1, 0.15) is 0 Å². The lowest BCUT2D eigenvalue weighted by Gasteiger charge is -2.35. The van der Waals surface area contributed by atoms with Crippen LogP contribution in [0, 0.1) is 13.8 Å². The lowest BCUT2D eigenvalue weighted by Crippen LogP contribution is -2.49. The molecule has 1 aliphatic rings. The molecule has 27 heavy (non-hydrogen) atoms. The van der Waals surface area contributed by atoms with Crippen LogP contribution in [0.5, 0.6) is 0 Å². The zero-order valence-corrected chi connectivity index (χ0v) is 17.0. The Hall–Kier alpha value is -2.19. The van der Waals surface area contributed by atoms with Crippen molar-refractivity contribution < 1.29 is 13.2 Å². The summed E-state index contributed by atoms with van der Waals surface area (Å²) in [6, 6.07) is 6.13. The number of halogens is 1. The maximum Gasteiger partial charge on any atom is 0.255 e. The third kappa shape index (κ3) is 4.39. The molecule has 0 bridgehead atoms. The second-order valence-corrected chi connectivity index (χ2v) is 9.07. The van der Waals surface area contributed by atoms with Crippen molar-refractivity contribution in [3.8, 4) is 0 Å². The van der Waals surface area contributed by atoms with E-state index in [1.54, 1.807) is 4.90 Å². The van der Waals surface area contributed by atoms with Gasteiger partial charge in [-0.25, -0.2) is 18.4 Å². The van der Waals surface area contributed by atoms with Crippen LogP contribution in [0.3, 0.4) is 0 Å². The van der Waals surface area contributed by atoms with Crippen molar-refractivity contribution in [2.45, 2.75) is 18.7 Å². The highest BCUT2D eigenvalue weighted by molar-refractivity contribution is 7.90. The van der Waals surface area contributed by atoms with Crippen LogP contribution < -0.4 is 4.90 Å². The molecular formula is C18H21ClN4O3S. The number of rotatable bonds is 3. The molecule has 144 valence electrons. The number of hydrogen-bond donors (Lipinski definition) is 0. The number of aryl methyl sites for hydroxylation is 2. The van der Waals surface area contributed by atoms with Gasteiger partial charge in [0.2, 0.25) is 5.95 Å². The Morgan fingerprint density at radius 2 is 1.63 bits per heavy atom. The molecule has 2 aromatic rings. The highest BCUT2D eigenvalue weighted by Crippen LogP contribution is 2.23. The van der Waals surface area contributed by atoms with Gasteiger partial charge in [-0.1, -0.05) is 11.6 Å². The van der Waals surface area contributed by atoms with E-state index < -0.39 is 9.84 Å². The highest BCUT2D eigenvalue weighted by Gasteiger charge is 2.25. The van der Waals surface area contributed by atoms with E-state index >= 15 is 0 Å². The molecule has 3 rings (SSSR count). The molecule has 1 aliphatic heterocycles. The number of amides is 1. The fourth-order valence-electron chi connectivity index (χ4n) is 3.03. The van der Waals surface area contributed by atoms with Crippen molar-refractivity contribution >= 4 is 33.3 Å². The van der Waals surface area contributed by atoms with Crippen LogP contribution in [0.15, 0.2) is 29.2 Å². The molecule has 1 aromatic heterocycles. The number of aromatic nitrogens is 2. The summed E-state index contributed by atoms with van der Waals surface area (Å²) in [6.07, 6.45) is 1.11. The average Bonchev–Trinajstić information content (AvgIpc) is 2.59. The summed E-state index contributed by atoms with van der Waals surface area (Å²) >= 11 is 6.17. The van der Waals surface area contributed by atoms with Crippen LogP contribution in [-0.2, 0) is 9.84 Å². The van der Waals surface area contributed by atoms with Crippen molar-refractivity contribution in [2.75, 3.05) is 37.3 Å². The summed E-state index contributed by atoms with van der Waals surface area (Å²) in [6.45, 7) is 6.13. The minimum absolute atomic E-state index is 0.0980. The number of sulfone groups is 1. The third-order valence-corrected chi connectivity index (χ3v) is 5.84. The van der Waals surface area contributed by atoms with Gasteiger partial charge in [0.05, 0.1) is 15.5 Å². The predicted octanol–water partition coefficient (Wildman–Crippen LogP) is 2.11. The first-order chi connectivity index (χ1) is 12.6. The number of benzene rings is 1. The monoisotopic (exact) mass is 408 g/mol. The molecule has 2 heterocycles. The molecule has 0 N–H and O–H groups in total. The van der Waals surface area contributed by atoms with Gasteiger partial charge in [-0.05, 0) is 38.1 Å². The summed E-state index contributed by atoms with van der Waals surface area (Å²) < 4.78 is 23.2.